The Labute approximate surface area is 137 Å². The Morgan fingerprint density at radius 2 is 1.91 bits per heavy atom. The minimum absolute atomic E-state index is 0.107. The highest BCUT2D eigenvalue weighted by Gasteiger charge is 2.23. The van der Waals surface area contributed by atoms with Crippen LogP contribution in [0.1, 0.15) is 24.4 Å². The maximum Gasteiger partial charge on any atom is 0.323 e. The first-order valence-electron chi connectivity index (χ1n) is 6.71. The molecule has 8 heteroatoms. The van der Waals surface area contributed by atoms with E-state index in [1.807, 2.05) is 13.8 Å². The smallest absolute Gasteiger partial charge is 0.323 e. The van der Waals surface area contributed by atoms with Crippen molar-refractivity contribution in [2.45, 2.75) is 13.8 Å². The van der Waals surface area contributed by atoms with Gasteiger partial charge in [-0.05, 0) is 34.0 Å². The summed E-state index contributed by atoms with van der Waals surface area (Å²) < 4.78 is 5.56. The third-order valence-corrected chi connectivity index (χ3v) is 3.19. The quantitative estimate of drug-likeness (QED) is 0.783. The van der Waals surface area contributed by atoms with E-state index in [1.54, 1.807) is 6.07 Å². The van der Waals surface area contributed by atoms with Gasteiger partial charge in [-0.2, -0.15) is 0 Å². The maximum atomic E-state index is 12.2. The van der Waals surface area contributed by atoms with Crippen molar-refractivity contribution in [3.05, 3.63) is 22.6 Å². The molecule has 0 aromatic carbocycles. The van der Waals surface area contributed by atoms with Gasteiger partial charge in [0.1, 0.15) is 6.54 Å². The number of carboxylic acids is 1. The lowest BCUT2D eigenvalue weighted by molar-refractivity contribution is -0.145. The van der Waals surface area contributed by atoms with Crippen LogP contribution < -0.4 is 0 Å². The van der Waals surface area contributed by atoms with Gasteiger partial charge in [-0.3, -0.25) is 14.4 Å². The molecule has 1 N–H and O–H groups in total. The summed E-state index contributed by atoms with van der Waals surface area (Å²) in [6.07, 6.45) is 0. The number of halogens is 1. The van der Waals surface area contributed by atoms with E-state index in [-0.39, 0.29) is 24.8 Å². The summed E-state index contributed by atoms with van der Waals surface area (Å²) in [5.74, 6) is -1.71. The fraction of sp³-hybridized carbons (Fsp3) is 0.500. The molecule has 0 aliphatic rings. The van der Waals surface area contributed by atoms with E-state index < -0.39 is 17.8 Å². The molecule has 0 spiro atoms. The predicted octanol–water partition coefficient (Wildman–Crippen LogP) is 1.68. The fourth-order valence-corrected chi connectivity index (χ4v) is 2.16. The van der Waals surface area contributed by atoms with Crippen LogP contribution in [-0.4, -0.2) is 59.4 Å². The molecule has 22 heavy (non-hydrogen) atoms. The van der Waals surface area contributed by atoms with Gasteiger partial charge >= 0.3 is 5.97 Å². The van der Waals surface area contributed by atoms with E-state index in [9.17, 15) is 14.4 Å². The molecule has 0 saturated heterocycles. The summed E-state index contributed by atoms with van der Waals surface area (Å²) in [4.78, 5) is 37.6. The first-order valence-corrected chi connectivity index (χ1v) is 7.50. The van der Waals surface area contributed by atoms with Crippen LogP contribution in [0.25, 0.3) is 0 Å². The number of nitrogens with zero attached hydrogens (tertiary/aromatic N) is 2. The van der Waals surface area contributed by atoms with E-state index >= 15 is 0 Å². The third-order valence-electron chi connectivity index (χ3n) is 2.77. The largest absolute Gasteiger partial charge is 0.480 e. The summed E-state index contributed by atoms with van der Waals surface area (Å²) >= 11 is 3.10. The maximum absolute atomic E-state index is 12.2. The molecule has 1 aromatic rings. The number of carbonyl (C=O) groups excluding carboxylic acids is 2. The van der Waals surface area contributed by atoms with Gasteiger partial charge in [0.25, 0.3) is 5.91 Å². The van der Waals surface area contributed by atoms with Crippen LogP contribution in [0.2, 0.25) is 0 Å². The highest BCUT2D eigenvalue weighted by atomic mass is 79.9. The molecule has 0 atom stereocenters. The number of amides is 2. The second kappa shape index (κ2) is 7.98. The zero-order valence-corrected chi connectivity index (χ0v) is 14.3. The monoisotopic (exact) mass is 374 g/mol. The molecular weight excluding hydrogens is 356 g/mol. The van der Waals surface area contributed by atoms with Gasteiger partial charge in [0, 0.05) is 13.6 Å². The summed E-state index contributed by atoms with van der Waals surface area (Å²) in [7, 11) is 1.46. The van der Waals surface area contributed by atoms with Crippen LogP contribution in [0, 0.1) is 5.92 Å². The van der Waals surface area contributed by atoms with Crippen LogP contribution in [0.3, 0.4) is 0 Å². The van der Waals surface area contributed by atoms with Crippen molar-refractivity contribution < 1.29 is 23.9 Å². The average molecular weight is 375 g/mol. The van der Waals surface area contributed by atoms with Crippen LogP contribution in [-0.2, 0) is 9.59 Å². The van der Waals surface area contributed by atoms with Crippen LogP contribution in [0.5, 0.6) is 0 Å². The van der Waals surface area contributed by atoms with Crippen molar-refractivity contribution in [2.75, 3.05) is 26.7 Å². The molecule has 0 saturated carbocycles. The lowest BCUT2D eigenvalue weighted by Gasteiger charge is -2.25. The normalized spacial score (nSPS) is 10.6. The van der Waals surface area contributed by atoms with Crippen molar-refractivity contribution in [1.82, 2.24) is 9.80 Å². The first-order chi connectivity index (χ1) is 10.2. The number of carbonyl (C=O) groups is 3. The molecule has 0 unspecified atom stereocenters. The Morgan fingerprint density at radius 3 is 2.36 bits per heavy atom. The van der Waals surface area contributed by atoms with E-state index in [4.69, 9.17) is 9.52 Å². The van der Waals surface area contributed by atoms with Gasteiger partial charge in [0.2, 0.25) is 5.91 Å². The van der Waals surface area contributed by atoms with E-state index in [2.05, 4.69) is 15.9 Å². The zero-order valence-electron chi connectivity index (χ0n) is 12.7. The minimum atomic E-state index is -1.09. The van der Waals surface area contributed by atoms with Crippen molar-refractivity contribution >= 4 is 33.7 Å². The number of carboxylic acid groups (broad SMARTS) is 1. The predicted molar refractivity (Wildman–Crippen MR) is 82.4 cm³/mol. The SMILES string of the molecule is CC(C)CN(CC(=O)O)C(=O)CN(C)C(=O)c1ccc(Br)o1. The Morgan fingerprint density at radius 1 is 1.27 bits per heavy atom. The van der Waals surface area contributed by atoms with Crippen molar-refractivity contribution in [3.63, 3.8) is 0 Å². The minimum Gasteiger partial charge on any atom is -0.480 e. The Balaban J connectivity index is 2.70. The van der Waals surface area contributed by atoms with Gasteiger partial charge in [0.05, 0.1) is 6.54 Å². The van der Waals surface area contributed by atoms with Gasteiger partial charge in [-0.15, -0.1) is 0 Å². The van der Waals surface area contributed by atoms with Gasteiger partial charge in [0.15, 0.2) is 10.4 Å². The summed E-state index contributed by atoms with van der Waals surface area (Å²) in [5, 5.41) is 8.88. The third kappa shape index (κ3) is 5.51. The number of aliphatic carboxylic acids is 1. The highest BCUT2D eigenvalue weighted by molar-refractivity contribution is 9.10. The van der Waals surface area contributed by atoms with E-state index in [0.717, 1.165) is 0 Å². The highest BCUT2D eigenvalue weighted by Crippen LogP contribution is 2.15. The molecule has 0 radical (unpaired) electrons. The Bertz CT molecular complexity index is 555. The summed E-state index contributed by atoms with van der Waals surface area (Å²) in [6.45, 7) is 3.50. The average Bonchev–Trinajstić information content (AvgIpc) is 2.82. The second-order valence-corrected chi connectivity index (χ2v) is 6.11. The lowest BCUT2D eigenvalue weighted by Crippen LogP contribution is -2.44. The number of furan rings is 1. The van der Waals surface area contributed by atoms with Gasteiger partial charge in [-0.25, -0.2) is 0 Å². The van der Waals surface area contributed by atoms with Gasteiger partial charge < -0.3 is 19.3 Å². The van der Waals surface area contributed by atoms with Crippen molar-refractivity contribution in [3.8, 4) is 0 Å². The number of hydrogen-bond acceptors (Lipinski definition) is 4. The first kappa shape index (κ1) is 18.2. The van der Waals surface area contributed by atoms with Crippen LogP contribution in [0.15, 0.2) is 21.2 Å². The molecule has 1 rings (SSSR count). The Kier molecular flexibility index (Phi) is 6.61. The summed E-state index contributed by atoms with van der Waals surface area (Å²) in [5.41, 5.74) is 0. The van der Waals surface area contributed by atoms with Crippen molar-refractivity contribution in [2.24, 2.45) is 5.92 Å². The molecule has 0 fully saturated rings. The lowest BCUT2D eigenvalue weighted by atomic mass is 10.2. The zero-order chi connectivity index (χ0) is 16.9. The van der Waals surface area contributed by atoms with Crippen LogP contribution >= 0.6 is 15.9 Å². The molecule has 2 amide bonds. The molecule has 7 nitrogen and oxygen atoms in total. The standard InChI is InChI=1S/C14H19BrN2O5/c1-9(2)6-17(8-13(19)20)12(18)7-16(3)14(21)10-4-5-11(15)22-10/h4-5,9H,6-8H2,1-3H3,(H,19,20). The molecular formula is C14H19BrN2O5. The molecule has 0 aliphatic heterocycles. The molecule has 0 aliphatic carbocycles. The van der Waals surface area contributed by atoms with Gasteiger partial charge in [-0.1, -0.05) is 13.8 Å². The van der Waals surface area contributed by atoms with E-state index in [1.165, 1.54) is 22.9 Å². The van der Waals surface area contributed by atoms with Crippen LogP contribution in [0.4, 0.5) is 0 Å². The number of likely N-dealkylation sites (N-methyl/N-ethyl adjacent to an activating group) is 1. The number of hydrogen-bond donors (Lipinski definition) is 1. The molecule has 1 heterocycles. The molecule has 122 valence electrons. The molecule has 1 aromatic heterocycles. The van der Waals surface area contributed by atoms with E-state index in [0.29, 0.717) is 11.2 Å². The topological polar surface area (TPSA) is 91.1 Å². The summed E-state index contributed by atoms with van der Waals surface area (Å²) in [6, 6.07) is 3.08. The fourth-order valence-electron chi connectivity index (χ4n) is 1.85. The number of rotatable bonds is 7. The second-order valence-electron chi connectivity index (χ2n) is 5.33. The molecule has 0 bridgehead atoms. The Hall–Kier alpha value is -1.83. The van der Waals surface area contributed by atoms with Crippen molar-refractivity contribution in [1.29, 1.82) is 0 Å².